The van der Waals surface area contributed by atoms with E-state index in [9.17, 15) is 9.59 Å². The van der Waals surface area contributed by atoms with Gasteiger partial charge in [-0.05, 0) is 56.4 Å². The second-order valence-electron chi connectivity index (χ2n) is 8.18. The van der Waals surface area contributed by atoms with Gasteiger partial charge in [-0.1, -0.05) is 20.8 Å². The zero-order valence-electron chi connectivity index (χ0n) is 15.6. The third-order valence-corrected chi connectivity index (χ3v) is 5.21. The SMILES string of the molecule is CC(C)CC(C)CC(=O)N1CCCC(CNC(=O)C2CCCN2)C1. The lowest BCUT2D eigenvalue weighted by molar-refractivity contribution is -0.134. The average Bonchev–Trinajstić information content (AvgIpc) is 3.06. The zero-order chi connectivity index (χ0) is 17.5. The lowest BCUT2D eigenvalue weighted by atomic mass is 9.93. The zero-order valence-corrected chi connectivity index (χ0v) is 15.6. The molecule has 0 aromatic heterocycles. The molecule has 2 fully saturated rings. The highest BCUT2D eigenvalue weighted by atomic mass is 16.2. The summed E-state index contributed by atoms with van der Waals surface area (Å²) in [7, 11) is 0. The highest BCUT2D eigenvalue weighted by molar-refractivity contribution is 5.82. The van der Waals surface area contributed by atoms with Crippen LogP contribution in [0.3, 0.4) is 0 Å². The van der Waals surface area contributed by atoms with Gasteiger partial charge in [-0.25, -0.2) is 0 Å². The van der Waals surface area contributed by atoms with Gasteiger partial charge in [-0.15, -0.1) is 0 Å². The van der Waals surface area contributed by atoms with Crippen molar-refractivity contribution in [3.8, 4) is 0 Å². The molecule has 0 aromatic carbocycles. The molecular weight excluding hydrogens is 302 g/mol. The number of rotatable bonds is 7. The first kappa shape index (κ1) is 19.2. The normalized spacial score (nSPS) is 25.8. The van der Waals surface area contributed by atoms with Crippen molar-refractivity contribution in [1.82, 2.24) is 15.5 Å². The van der Waals surface area contributed by atoms with E-state index in [1.54, 1.807) is 0 Å². The molecule has 5 nitrogen and oxygen atoms in total. The number of hydrogen-bond acceptors (Lipinski definition) is 3. The molecule has 2 saturated heterocycles. The fourth-order valence-electron chi connectivity index (χ4n) is 4.05. The van der Waals surface area contributed by atoms with E-state index in [2.05, 4.69) is 31.4 Å². The number of amides is 2. The minimum Gasteiger partial charge on any atom is -0.354 e. The van der Waals surface area contributed by atoms with E-state index in [0.717, 1.165) is 51.7 Å². The second kappa shape index (κ2) is 9.40. The standard InChI is InChI=1S/C19H35N3O2/c1-14(2)10-15(3)11-18(23)22-9-5-6-16(13-22)12-21-19(24)17-7-4-8-20-17/h14-17,20H,4-13H2,1-3H3,(H,21,24). The van der Waals surface area contributed by atoms with Gasteiger partial charge in [-0.3, -0.25) is 9.59 Å². The van der Waals surface area contributed by atoms with E-state index in [4.69, 9.17) is 0 Å². The van der Waals surface area contributed by atoms with Crippen molar-refractivity contribution in [2.24, 2.45) is 17.8 Å². The van der Waals surface area contributed by atoms with E-state index in [1.807, 2.05) is 4.90 Å². The van der Waals surface area contributed by atoms with Gasteiger partial charge >= 0.3 is 0 Å². The fourth-order valence-corrected chi connectivity index (χ4v) is 4.05. The van der Waals surface area contributed by atoms with Crippen LogP contribution in [0.15, 0.2) is 0 Å². The van der Waals surface area contributed by atoms with Crippen LogP contribution < -0.4 is 10.6 Å². The van der Waals surface area contributed by atoms with E-state index in [1.165, 1.54) is 0 Å². The molecule has 3 atom stereocenters. The lowest BCUT2D eigenvalue weighted by Gasteiger charge is -2.34. The van der Waals surface area contributed by atoms with Gasteiger partial charge in [-0.2, -0.15) is 0 Å². The number of nitrogens with one attached hydrogen (secondary N) is 2. The molecule has 2 aliphatic rings. The molecule has 138 valence electrons. The quantitative estimate of drug-likeness (QED) is 0.748. The monoisotopic (exact) mass is 337 g/mol. The molecule has 0 aromatic rings. The molecule has 0 spiro atoms. The summed E-state index contributed by atoms with van der Waals surface area (Å²) in [5, 5.41) is 6.31. The van der Waals surface area contributed by atoms with Gasteiger partial charge in [0.05, 0.1) is 6.04 Å². The third kappa shape index (κ3) is 6.08. The molecule has 5 heteroatoms. The first-order valence-electron chi connectivity index (χ1n) is 9.74. The van der Waals surface area contributed by atoms with E-state index >= 15 is 0 Å². The Morgan fingerprint density at radius 2 is 2.00 bits per heavy atom. The molecule has 0 radical (unpaired) electrons. The third-order valence-electron chi connectivity index (χ3n) is 5.21. The smallest absolute Gasteiger partial charge is 0.237 e. The van der Waals surface area contributed by atoms with E-state index in [0.29, 0.717) is 30.7 Å². The Hall–Kier alpha value is -1.10. The predicted octanol–water partition coefficient (Wildman–Crippen LogP) is 2.17. The van der Waals surface area contributed by atoms with Crippen LogP contribution in [0.2, 0.25) is 0 Å². The van der Waals surface area contributed by atoms with Gasteiger partial charge in [0.15, 0.2) is 0 Å². The molecular formula is C19H35N3O2. The highest BCUT2D eigenvalue weighted by Gasteiger charge is 2.27. The maximum atomic E-state index is 12.5. The predicted molar refractivity (Wildman–Crippen MR) is 96.6 cm³/mol. The summed E-state index contributed by atoms with van der Waals surface area (Å²) in [6.07, 6.45) is 5.93. The Morgan fingerprint density at radius 1 is 1.21 bits per heavy atom. The van der Waals surface area contributed by atoms with E-state index < -0.39 is 0 Å². The molecule has 2 N–H and O–H groups in total. The fraction of sp³-hybridized carbons (Fsp3) is 0.895. The first-order chi connectivity index (χ1) is 11.5. The molecule has 0 bridgehead atoms. The Morgan fingerprint density at radius 3 is 2.67 bits per heavy atom. The summed E-state index contributed by atoms with van der Waals surface area (Å²) in [4.78, 5) is 26.6. The minimum atomic E-state index is -0.0109. The van der Waals surface area contributed by atoms with Crippen LogP contribution in [-0.2, 0) is 9.59 Å². The molecule has 0 aliphatic carbocycles. The van der Waals surface area contributed by atoms with E-state index in [-0.39, 0.29) is 17.9 Å². The van der Waals surface area contributed by atoms with Gasteiger partial charge < -0.3 is 15.5 Å². The number of carbonyl (C=O) groups is 2. The number of piperidine rings is 1. The Labute approximate surface area is 146 Å². The number of likely N-dealkylation sites (tertiary alicyclic amines) is 1. The summed E-state index contributed by atoms with van der Waals surface area (Å²) < 4.78 is 0. The Kier molecular flexibility index (Phi) is 7.53. The van der Waals surface area contributed by atoms with Crippen LogP contribution in [-0.4, -0.2) is 48.9 Å². The Balaban J connectivity index is 1.72. The summed E-state index contributed by atoms with van der Waals surface area (Å²) >= 11 is 0. The lowest BCUT2D eigenvalue weighted by Crippen LogP contribution is -2.46. The summed E-state index contributed by atoms with van der Waals surface area (Å²) in [5.41, 5.74) is 0. The van der Waals surface area contributed by atoms with Crippen LogP contribution in [0.4, 0.5) is 0 Å². The van der Waals surface area contributed by atoms with Crippen LogP contribution >= 0.6 is 0 Å². The molecule has 0 saturated carbocycles. The maximum absolute atomic E-state index is 12.5. The molecule has 3 unspecified atom stereocenters. The van der Waals surface area contributed by atoms with Gasteiger partial charge in [0.2, 0.25) is 11.8 Å². The first-order valence-corrected chi connectivity index (χ1v) is 9.74. The van der Waals surface area contributed by atoms with Crippen molar-refractivity contribution >= 4 is 11.8 Å². The molecule has 24 heavy (non-hydrogen) atoms. The maximum Gasteiger partial charge on any atom is 0.237 e. The summed E-state index contributed by atoms with van der Waals surface area (Å²) in [5.74, 6) is 1.90. The number of carbonyl (C=O) groups excluding carboxylic acids is 2. The van der Waals surface area contributed by atoms with Gasteiger partial charge in [0.1, 0.15) is 0 Å². The minimum absolute atomic E-state index is 0.0109. The molecule has 2 aliphatic heterocycles. The highest BCUT2D eigenvalue weighted by Crippen LogP contribution is 2.20. The number of hydrogen-bond donors (Lipinski definition) is 2. The van der Waals surface area contributed by atoms with Crippen LogP contribution in [0.5, 0.6) is 0 Å². The molecule has 2 amide bonds. The van der Waals surface area contributed by atoms with Crippen molar-refractivity contribution in [2.45, 2.75) is 65.3 Å². The summed E-state index contributed by atoms with van der Waals surface area (Å²) in [6.45, 7) is 9.90. The van der Waals surface area contributed by atoms with Crippen molar-refractivity contribution in [2.75, 3.05) is 26.2 Å². The second-order valence-corrected chi connectivity index (χ2v) is 8.18. The van der Waals surface area contributed by atoms with Crippen LogP contribution in [0.25, 0.3) is 0 Å². The van der Waals surface area contributed by atoms with Crippen molar-refractivity contribution < 1.29 is 9.59 Å². The van der Waals surface area contributed by atoms with Crippen LogP contribution in [0, 0.1) is 17.8 Å². The topological polar surface area (TPSA) is 61.4 Å². The van der Waals surface area contributed by atoms with Crippen molar-refractivity contribution in [1.29, 1.82) is 0 Å². The Bertz CT molecular complexity index is 419. The average molecular weight is 338 g/mol. The van der Waals surface area contributed by atoms with Crippen LogP contribution in [0.1, 0.15) is 59.3 Å². The van der Waals surface area contributed by atoms with Crippen molar-refractivity contribution in [3.05, 3.63) is 0 Å². The number of nitrogens with zero attached hydrogens (tertiary/aromatic N) is 1. The van der Waals surface area contributed by atoms with Gasteiger partial charge in [0.25, 0.3) is 0 Å². The summed E-state index contributed by atoms with van der Waals surface area (Å²) in [6, 6.07) is -0.0109. The van der Waals surface area contributed by atoms with Gasteiger partial charge in [0, 0.05) is 26.1 Å². The molecule has 2 heterocycles. The largest absolute Gasteiger partial charge is 0.354 e. The van der Waals surface area contributed by atoms with Crippen molar-refractivity contribution in [3.63, 3.8) is 0 Å². The molecule has 2 rings (SSSR count).